The van der Waals surface area contributed by atoms with Crippen LogP contribution in [0, 0.1) is 0 Å². The van der Waals surface area contributed by atoms with Crippen LogP contribution in [0.1, 0.15) is 21.8 Å². The first-order valence-electron chi connectivity index (χ1n) is 1.48. The van der Waals surface area contributed by atoms with Crippen molar-refractivity contribution in [2.24, 2.45) is 0 Å². The lowest BCUT2D eigenvalue weighted by Gasteiger charge is -1.53. The molecule has 0 amide bonds. The van der Waals surface area contributed by atoms with Gasteiger partial charge in [0.2, 0.25) is 0 Å². The van der Waals surface area contributed by atoms with Crippen LogP contribution in [0.25, 0.3) is 0 Å². The molecule has 0 fully saturated rings. The Morgan fingerprint density at radius 2 is 1.56 bits per heavy atom. The van der Waals surface area contributed by atoms with Gasteiger partial charge in [-0.2, -0.15) is 4.21 Å². The predicted octanol–water partition coefficient (Wildman–Crippen LogP) is 2.34. The Morgan fingerprint density at radius 1 is 1.56 bits per heavy atom. The lowest BCUT2D eigenvalue weighted by atomic mass is 10.9. The third-order valence-electron chi connectivity index (χ3n) is 0. The number of hydrogen-bond donors (Lipinski definition) is 1. The average Bonchev–Trinajstić information content (AvgIpc) is 1.33. The van der Waals surface area contributed by atoms with E-state index in [1.165, 1.54) is 6.92 Å². The third-order valence-corrected chi connectivity index (χ3v) is 0. The van der Waals surface area contributed by atoms with Crippen LogP contribution in [-0.4, -0.2) is 15.4 Å². The molecule has 0 spiro atoms. The summed E-state index contributed by atoms with van der Waals surface area (Å²) in [7, 11) is 0. The molecule has 62 valence electrons. The fraction of sp³-hybridized carbons (Fsp3) is 1.00. The second-order valence-corrected chi connectivity index (χ2v) is 0.887. The van der Waals surface area contributed by atoms with Gasteiger partial charge in [0, 0.05) is 0 Å². The fourth-order valence-electron chi connectivity index (χ4n) is 0. The first-order valence-corrected chi connectivity index (χ1v) is 2.49. The summed E-state index contributed by atoms with van der Waals surface area (Å²) in [6.07, 6.45) is 0. The maximum absolute atomic E-state index is 10.3. The van der Waals surface area contributed by atoms with Crippen molar-refractivity contribution >= 4 is 11.5 Å². The molecule has 0 saturated carbocycles. The molecule has 9 heavy (non-hydrogen) atoms. The molecule has 0 aromatic carbocycles. The third kappa shape index (κ3) is 316000. The number of hydrogen-bond acceptors (Lipinski definition) is 1. The summed E-state index contributed by atoms with van der Waals surface area (Å²) >= 11 is -3.11. The quantitative estimate of drug-likeness (QED) is 0.440. The Morgan fingerprint density at radius 3 is 1.56 bits per heavy atom. The Bertz CT molecular complexity index is 47.8. The Kier molecular flexibility index (Phi) is 63.0. The summed E-state index contributed by atoms with van der Waals surface area (Å²) in [5.74, 6) is 0. The standard InChI is InChI=1S/C2H5F.2CH4.FHO2S/c1-2-3;;;1-4(2)3/h2H2,1H3;2*1H4;(H,2,3). The van der Waals surface area contributed by atoms with Gasteiger partial charge in [0.25, 0.3) is 0 Å². The molecular weight excluding hydrogens is 150 g/mol. The highest BCUT2D eigenvalue weighted by Crippen LogP contribution is 1.62. The molecule has 0 radical (unpaired) electrons. The minimum Gasteiger partial charge on any atom is -0.280 e. The summed E-state index contributed by atoms with van der Waals surface area (Å²) in [6.45, 7) is 1.21. The van der Waals surface area contributed by atoms with Crippen molar-refractivity contribution in [2.45, 2.75) is 21.8 Å². The van der Waals surface area contributed by atoms with Crippen molar-refractivity contribution in [1.82, 2.24) is 0 Å². The van der Waals surface area contributed by atoms with Gasteiger partial charge >= 0.3 is 11.5 Å². The van der Waals surface area contributed by atoms with Gasteiger partial charge in [0.15, 0.2) is 0 Å². The van der Waals surface area contributed by atoms with E-state index >= 15 is 0 Å². The largest absolute Gasteiger partial charge is 0.342 e. The molecule has 0 rings (SSSR count). The van der Waals surface area contributed by atoms with E-state index < -0.39 is 11.5 Å². The highest BCUT2D eigenvalue weighted by molar-refractivity contribution is 7.73. The topological polar surface area (TPSA) is 37.3 Å². The second-order valence-electron chi connectivity index (χ2n) is 0.474. The van der Waals surface area contributed by atoms with Gasteiger partial charge in [-0.1, -0.05) is 14.9 Å². The number of alkyl halides is 1. The van der Waals surface area contributed by atoms with Crippen LogP contribution in [0.15, 0.2) is 0 Å². The molecule has 1 N–H and O–H groups in total. The van der Waals surface area contributed by atoms with Crippen molar-refractivity contribution < 1.29 is 17.0 Å². The summed E-state index contributed by atoms with van der Waals surface area (Å²) in [5.41, 5.74) is 0. The molecular formula is C4H14F2O2S. The molecule has 0 aromatic rings. The lowest BCUT2D eigenvalue weighted by Crippen LogP contribution is -1.63. The van der Waals surface area contributed by atoms with E-state index in [1.807, 2.05) is 0 Å². The lowest BCUT2D eigenvalue weighted by molar-refractivity contribution is 0.518. The van der Waals surface area contributed by atoms with E-state index in [2.05, 4.69) is 0 Å². The van der Waals surface area contributed by atoms with E-state index in [-0.39, 0.29) is 21.5 Å². The van der Waals surface area contributed by atoms with Gasteiger partial charge in [-0.05, 0) is 6.92 Å². The predicted molar refractivity (Wildman–Crippen MR) is 37.0 cm³/mol. The van der Waals surface area contributed by atoms with Crippen molar-refractivity contribution in [3.8, 4) is 0 Å². The molecule has 5 heteroatoms. The molecule has 0 aliphatic heterocycles. The van der Waals surface area contributed by atoms with E-state index in [1.54, 1.807) is 0 Å². The Labute approximate surface area is 57.9 Å². The normalized spacial score (nSPS) is 8.89. The maximum Gasteiger partial charge on any atom is 0.342 e. The number of halogens is 2. The van der Waals surface area contributed by atoms with Gasteiger partial charge < -0.3 is 0 Å². The monoisotopic (exact) mass is 164 g/mol. The molecule has 1 unspecified atom stereocenters. The van der Waals surface area contributed by atoms with E-state index in [9.17, 15) is 8.28 Å². The highest BCUT2D eigenvalue weighted by atomic mass is 32.2. The maximum atomic E-state index is 10.3. The van der Waals surface area contributed by atoms with E-state index in [0.29, 0.717) is 0 Å². The van der Waals surface area contributed by atoms with Gasteiger partial charge in [-0.15, -0.1) is 3.89 Å². The minimum atomic E-state index is -3.11. The molecule has 0 aliphatic carbocycles. The van der Waals surface area contributed by atoms with Gasteiger partial charge in [0.05, 0.1) is 6.67 Å². The van der Waals surface area contributed by atoms with Crippen molar-refractivity contribution in [3.05, 3.63) is 0 Å². The van der Waals surface area contributed by atoms with Gasteiger partial charge in [-0.3, -0.25) is 8.94 Å². The zero-order valence-electron chi connectivity index (χ0n) is 3.73. The molecule has 0 heterocycles. The summed E-state index contributed by atoms with van der Waals surface area (Å²) in [6, 6.07) is 0. The Balaban J connectivity index is -0.0000000233. The first kappa shape index (κ1) is 23.1. The van der Waals surface area contributed by atoms with E-state index in [0.717, 1.165) is 0 Å². The Hall–Kier alpha value is -0.0300. The SMILES string of the molecule is C.C.CCF.O=S(O)F. The van der Waals surface area contributed by atoms with Gasteiger partial charge in [-0.25, -0.2) is 0 Å². The molecule has 1 atom stereocenters. The van der Waals surface area contributed by atoms with Crippen LogP contribution >= 0.6 is 0 Å². The average molecular weight is 164 g/mol. The smallest absolute Gasteiger partial charge is 0.280 e. The molecule has 0 saturated heterocycles. The van der Waals surface area contributed by atoms with Crippen molar-refractivity contribution in [3.63, 3.8) is 0 Å². The van der Waals surface area contributed by atoms with Crippen LogP contribution in [0.3, 0.4) is 0 Å². The van der Waals surface area contributed by atoms with Crippen LogP contribution in [0.4, 0.5) is 8.28 Å². The van der Waals surface area contributed by atoms with Crippen LogP contribution in [-0.2, 0) is 11.5 Å². The minimum absolute atomic E-state index is 0. The summed E-state index contributed by atoms with van der Waals surface area (Å²) in [4.78, 5) is 0. The molecule has 0 bridgehead atoms. The van der Waals surface area contributed by atoms with Crippen molar-refractivity contribution in [1.29, 1.82) is 0 Å². The second kappa shape index (κ2) is 24.6. The van der Waals surface area contributed by atoms with Crippen molar-refractivity contribution in [2.75, 3.05) is 6.67 Å². The summed E-state index contributed by atoms with van der Waals surface area (Å²) in [5, 5.41) is 0. The molecule has 0 aliphatic rings. The van der Waals surface area contributed by atoms with Crippen LogP contribution in [0.2, 0.25) is 0 Å². The van der Waals surface area contributed by atoms with Gasteiger partial charge in [0.1, 0.15) is 0 Å². The van der Waals surface area contributed by atoms with Crippen LogP contribution < -0.4 is 0 Å². The highest BCUT2D eigenvalue weighted by Gasteiger charge is 1.68. The zero-order chi connectivity index (χ0) is 6.28. The fourth-order valence-corrected chi connectivity index (χ4v) is 0. The molecule has 0 aromatic heterocycles. The molecule has 2 nitrogen and oxygen atoms in total. The van der Waals surface area contributed by atoms with E-state index in [4.69, 9.17) is 8.76 Å². The zero-order valence-corrected chi connectivity index (χ0v) is 4.54. The number of rotatable bonds is 0. The van der Waals surface area contributed by atoms with Crippen LogP contribution in [0.5, 0.6) is 0 Å². The summed E-state index contributed by atoms with van der Waals surface area (Å²) < 4.78 is 35.6. The first-order chi connectivity index (χ1) is 3.15.